The maximum Gasteiger partial charge on any atom is 0.0253 e. The van der Waals surface area contributed by atoms with Crippen molar-refractivity contribution < 1.29 is 0 Å². The molecule has 88 valence electrons. The van der Waals surface area contributed by atoms with E-state index in [1.165, 1.54) is 25.8 Å². The standard InChI is InChI=1S/C13H26N2/c1-10-6-5-7-12(10)15-9-13(3,4)14-8-11(15)2/h10-12,14H,5-9H2,1-4H3. The van der Waals surface area contributed by atoms with Crippen molar-refractivity contribution in [2.75, 3.05) is 13.1 Å². The summed E-state index contributed by atoms with van der Waals surface area (Å²) in [5.74, 6) is 0.904. The van der Waals surface area contributed by atoms with Crippen molar-refractivity contribution in [2.24, 2.45) is 5.92 Å². The topological polar surface area (TPSA) is 15.3 Å². The molecule has 1 aliphatic carbocycles. The summed E-state index contributed by atoms with van der Waals surface area (Å²) in [6.07, 6.45) is 4.28. The van der Waals surface area contributed by atoms with Gasteiger partial charge in [0.05, 0.1) is 0 Å². The van der Waals surface area contributed by atoms with Crippen molar-refractivity contribution in [1.29, 1.82) is 0 Å². The Hall–Kier alpha value is -0.0800. The van der Waals surface area contributed by atoms with E-state index in [0.717, 1.165) is 18.5 Å². The summed E-state index contributed by atoms with van der Waals surface area (Å²) in [6.45, 7) is 11.8. The number of rotatable bonds is 1. The van der Waals surface area contributed by atoms with Crippen LogP contribution < -0.4 is 5.32 Å². The quantitative estimate of drug-likeness (QED) is 0.714. The molecule has 0 spiro atoms. The van der Waals surface area contributed by atoms with Crippen LogP contribution in [0.15, 0.2) is 0 Å². The van der Waals surface area contributed by atoms with E-state index < -0.39 is 0 Å². The molecule has 0 aromatic heterocycles. The van der Waals surface area contributed by atoms with Gasteiger partial charge >= 0.3 is 0 Å². The van der Waals surface area contributed by atoms with Crippen LogP contribution in [0.4, 0.5) is 0 Å². The van der Waals surface area contributed by atoms with Gasteiger partial charge in [0.25, 0.3) is 0 Å². The Labute approximate surface area is 94.4 Å². The molecule has 2 nitrogen and oxygen atoms in total. The van der Waals surface area contributed by atoms with Crippen LogP contribution in [0.25, 0.3) is 0 Å². The summed E-state index contributed by atoms with van der Waals surface area (Å²) in [6, 6.07) is 1.56. The molecule has 2 rings (SSSR count). The smallest absolute Gasteiger partial charge is 0.0253 e. The van der Waals surface area contributed by atoms with Crippen molar-refractivity contribution >= 4 is 0 Å². The summed E-state index contributed by atoms with van der Waals surface area (Å²) >= 11 is 0. The monoisotopic (exact) mass is 210 g/mol. The Bertz CT molecular complexity index is 225. The van der Waals surface area contributed by atoms with Gasteiger partial charge in [-0.25, -0.2) is 0 Å². The molecule has 0 bridgehead atoms. The molecule has 2 heteroatoms. The Kier molecular flexibility index (Phi) is 3.09. The van der Waals surface area contributed by atoms with Crippen LogP contribution in [-0.4, -0.2) is 35.6 Å². The zero-order chi connectivity index (χ0) is 11.1. The molecule has 2 fully saturated rings. The third-order valence-corrected chi connectivity index (χ3v) is 4.26. The van der Waals surface area contributed by atoms with E-state index in [4.69, 9.17) is 0 Å². The minimum atomic E-state index is 0.300. The molecular weight excluding hydrogens is 184 g/mol. The van der Waals surface area contributed by atoms with Gasteiger partial charge in [0, 0.05) is 30.7 Å². The van der Waals surface area contributed by atoms with Crippen molar-refractivity contribution in [3.63, 3.8) is 0 Å². The molecular formula is C13H26N2. The lowest BCUT2D eigenvalue weighted by Crippen LogP contribution is -2.63. The van der Waals surface area contributed by atoms with Gasteiger partial charge in [-0.1, -0.05) is 13.3 Å². The maximum atomic E-state index is 3.63. The Morgan fingerprint density at radius 3 is 2.53 bits per heavy atom. The lowest BCUT2D eigenvalue weighted by atomic mass is 9.94. The molecule has 1 N–H and O–H groups in total. The Balaban J connectivity index is 2.05. The molecule has 1 aliphatic heterocycles. The van der Waals surface area contributed by atoms with Crippen LogP contribution in [0.1, 0.15) is 47.0 Å². The average Bonchev–Trinajstić information content (AvgIpc) is 2.56. The number of hydrogen-bond acceptors (Lipinski definition) is 2. The van der Waals surface area contributed by atoms with E-state index in [0.29, 0.717) is 11.6 Å². The van der Waals surface area contributed by atoms with Crippen LogP contribution in [0.5, 0.6) is 0 Å². The molecule has 3 unspecified atom stereocenters. The maximum absolute atomic E-state index is 3.63. The normalized spacial score (nSPS) is 42.0. The predicted octanol–water partition coefficient (Wildman–Crippen LogP) is 2.25. The molecule has 0 radical (unpaired) electrons. The highest BCUT2D eigenvalue weighted by atomic mass is 15.3. The lowest BCUT2D eigenvalue weighted by molar-refractivity contribution is 0.0490. The van der Waals surface area contributed by atoms with Crippen LogP contribution in [0.2, 0.25) is 0 Å². The number of nitrogens with one attached hydrogen (secondary N) is 1. The van der Waals surface area contributed by atoms with Crippen molar-refractivity contribution in [3.8, 4) is 0 Å². The largest absolute Gasteiger partial charge is 0.309 e. The summed E-state index contributed by atoms with van der Waals surface area (Å²) in [4.78, 5) is 2.76. The van der Waals surface area contributed by atoms with Gasteiger partial charge in [-0.2, -0.15) is 0 Å². The second kappa shape index (κ2) is 4.06. The third-order valence-electron chi connectivity index (χ3n) is 4.26. The summed E-state index contributed by atoms with van der Waals surface area (Å²) in [7, 11) is 0. The third kappa shape index (κ3) is 2.36. The van der Waals surface area contributed by atoms with Crippen molar-refractivity contribution in [1.82, 2.24) is 10.2 Å². The molecule has 1 saturated heterocycles. The zero-order valence-corrected chi connectivity index (χ0v) is 10.7. The van der Waals surface area contributed by atoms with Gasteiger partial charge in [-0.05, 0) is 39.5 Å². The Morgan fingerprint density at radius 2 is 1.93 bits per heavy atom. The highest BCUT2D eigenvalue weighted by molar-refractivity contribution is 4.95. The van der Waals surface area contributed by atoms with E-state index in [-0.39, 0.29) is 0 Å². The minimum Gasteiger partial charge on any atom is -0.309 e. The molecule has 2 aliphatic rings. The van der Waals surface area contributed by atoms with Crippen LogP contribution in [0, 0.1) is 5.92 Å². The van der Waals surface area contributed by atoms with Crippen molar-refractivity contribution in [3.05, 3.63) is 0 Å². The number of piperazine rings is 1. The minimum absolute atomic E-state index is 0.300. The zero-order valence-electron chi connectivity index (χ0n) is 10.7. The van der Waals surface area contributed by atoms with Gasteiger partial charge in [0.2, 0.25) is 0 Å². The molecule has 0 aromatic rings. The Morgan fingerprint density at radius 1 is 1.20 bits per heavy atom. The number of hydrogen-bond donors (Lipinski definition) is 1. The van der Waals surface area contributed by atoms with Gasteiger partial charge in [0.15, 0.2) is 0 Å². The van der Waals surface area contributed by atoms with E-state index in [2.05, 4.69) is 37.9 Å². The van der Waals surface area contributed by atoms with Crippen LogP contribution >= 0.6 is 0 Å². The summed E-state index contributed by atoms with van der Waals surface area (Å²) < 4.78 is 0. The first-order valence-electron chi connectivity index (χ1n) is 6.50. The van der Waals surface area contributed by atoms with Crippen LogP contribution in [-0.2, 0) is 0 Å². The highest BCUT2D eigenvalue weighted by Gasteiger charge is 2.37. The molecule has 1 saturated carbocycles. The summed E-state index contributed by atoms with van der Waals surface area (Å²) in [5.41, 5.74) is 0.300. The molecule has 15 heavy (non-hydrogen) atoms. The van der Waals surface area contributed by atoms with Gasteiger partial charge in [0.1, 0.15) is 0 Å². The van der Waals surface area contributed by atoms with Gasteiger partial charge in [-0.15, -0.1) is 0 Å². The van der Waals surface area contributed by atoms with E-state index >= 15 is 0 Å². The second-order valence-electron chi connectivity index (χ2n) is 6.26. The first-order valence-corrected chi connectivity index (χ1v) is 6.50. The fraction of sp³-hybridized carbons (Fsp3) is 1.00. The predicted molar refractivity (Wildman–Crippen MR) is 65.1 cm³/mol. The van der Waals surface area contributed by atoms with Gasteiger partial charge in [-0.3, -0.25) is 4.90 Å². The molecule has 3 atom stereocenters. The first-order chi connectivity index (χ1) is 6.99. The van der Waals surface area contributed by atoms with E-state index in [1.807, 2.05) is 0 Å². The fourth-order valence-corrected chi connectivity index (χ4v) is 3.27. The number of nitrogens with zero attached hydrogens (tertiary/aromatic N) is 1. The SMILES string of the molecule is CC1CCCC1N1CC(C)(C)NCC1C. The van der Waals surface area contributed by atoms with Gasteiger partial charge < -0.3 is 5.32 Å². The molecule has 0 amide bonds. The second-order valence-corrected chi connectivity index (χ2v) is 6.26. The molecule has 1 heterocycles. The fourth-order valence-electron chi connectivity index (χ4n) is 3.27. The lowest BCUT2D eigenvalue weighted by Gasteiger charge is -2.47. The highest BCUT2D eigenvalue weighted by Crippen LogP contribution is 2.32. The summed E-state index contributed by atoms with van der Waals surface area (Å²) in [5, 5.41) is 3.63. The van der Waals surface area contributed by atoms with Crippen LogP contribution in [0.3, 0.4) is 0 Å². The first kappa shape index (κ1) is 11.4. The average molecular weight is 210 g/mol. The van der Waals surface area contributed by atoms with Crippen molar-refractivity contribution in [2.45, 2.75) is 64.6 Å². The van der Waals surface area contributed by atoms with E-state index in [9.17, 15) is 0 Å². The molecule has 0 aromatic carbocycles. The van der Waals surface area contributed by atoms with E-state index in [1.54, 1.807) is 0 Å².